The van der Waals surface area contributed by atoms with Crippen molar-refractivity contribution in [3.05, 3.63) is 51.6 Å². The maximum Gasteiger partial charge on any atom is 0.416 e. The number of nitrogens with two attached hydrogens (primary N) is 1. The molecule has 19 heavy (non-hydrogen) atoms. The van der Waals surface area contributed by atoms with Crippen molar-refractivity contribution < 1.29 is 13.2 Å². The highest BCUT2D eigenvalue weighted by molar-refractivity contribution is 9.10. The van der Waals surface area contributed by atoms with Gasteiger partial charge in [-0.05, 0) is 39.7 Å². The molecular formula is C12H9BrF3N3. The van der Waals surface area contributed by atoms with Crippen LogP contribution < -0.4 is 5.73 Å². The van der Waals surface area contributed by atoms with Gasteiger partial charge in [0.1, 0.15) is 0 Å². The third kappa shape index (κ3) is 3.44. The molecule has 3 nitrogen and oxygen atoms in total. The number of alkyl halides is 3. The Balaban J connectivity index is 2.17. The van der Waals surface area contributed by atoms with Crippen LogP contribution in [0.2, 0.25) is 0 Å². The van der Waals surface area contributed by atoms with Crippen LogP contribution in [-0.4, -0.2) is 10.2 Å². The molecule has 0 spiro atoms. The van der Waals surface area contributed by atoms with Crippen molar-refractivity contribution in [2.24, 2.45) is 0 Å². The van der Waals surface area contributed by atoms with Gasteiger partial charge in [-0.3, -0.25) is 0 Å². The lowest BCUT2D eigenvalue weighted by Crippen LogP contribution is -2.05. The number of hydrogen-bond acceptors (Lipinski definition) is 3. The summed E-state index contributed by atoms with van der Waals surface area (Å²) in [6.07, 6.45) is -3.92. The molecule has 0 aliphatic rings. The monoisotopic (exact) mass is 331 g/mol. The summed E-state index contributed by atoms with van der Waals surface area (Å²) in [7, 11) is 0. The van der Waals surface area contributed by atoms with Crippen LogP contribution in [0.5, 0.6) is 0 Å². The average molecular weight is 332 g/mol. The molecule has 0 radical (unpaired) electrons. The van der Waals surface area contributed by atoms with Crippen molar-refractivity contribution in [3.63, 3.8) is 0 Å². The van der Waals surface area contributed by atoms with Crippen molar-refractivity contribution >= 4 is 21.7 Å². The van der Waals surface area contributed by atoms with Crippen molar-refractivity contribution in [1.29, 1.82) is 0 Å². The van der Waals surface area contributed by atoms with Gasteiger partial charge in [0.25, 0.3) is 0 Å². The van der Waals surface area contributed by atoms with Crippen molar-refractivity contribution in [1.82, 2.24) is 10.2 Å². The Morgan fingerprint density at radius 2 is 1.74 bits per heavy atom. The van der Waals surface area contributed by atoms with Gasteiger partial charge >= 0.3 is 6.18 Å². The van der Waals surface area contributed by atoms with E-state index in [-0.39, 0.29) is 5.82 Å². The molecule has 0 bridgehead atoms. The van der Waals surface area contributed by atoms with Crippen LogP contribution in [0.3, 0.4) is 0 Å². The van der Waals surface area contributed by atoms with Crippen LogP contribution in [0, 0.1) is 0 Å². The Morgan fingerprint density at radius 3 is 2.26 bits per heavy atom. The maximum atomic E-state index is 12.4. The number of nitrogen functional groups attached to an aromatic ring is 1. The molecule has 0 fully saturated rings. The van der Waals surface area contributed by atoms with E-state index in [9.17, 15) is 13.2 Å². The maximum absolute atomic E-state index is 12.4. The summed E-state index contributed by atoms with van der Waals surface area (Å²) in [5, 5.41) is 7.61. The topological polar surface area (TPSA) is 51.8 Å². The number of hydrogen-bond donors (Lipinski definition) is 1. The van der Waals surface area contributed by atoms with Crippen molar-refractivity contribution in [2.45, 2.75) is 12.6 Å². The predicted molar refractivity (Wildman–Crippen MR) is 68.4 cm³/mol. The number of halogens is 4. The zero-order chi connectivity index (χ0) is 14.0. The molecule has 0 unspecified atom stereocenters. The van der Waals surface area contributed by atoms with E-state index >= 15 is 0 Å². The second-order valence-corrected chi connectivity index (χ2v) is 4.79. The van der Waals surface area contributed by atoms with Gasteiger partial charge in [0.05, 0.1) is 15.7 Å². The standard InChI is InChI=1S/C12H9BrF3N3/c13-10-6-9(18-19-11(10)17)5-7-1-3-8(4-2-7)12(14,15)16/h1-4,6H,5H2,(H2,17,19). The molecule has 0 saturated heterocycles. The number of nitrogens with zero attached hydrogens (tertiary/aromatic N) is 2. The first-order chi connectivity index (χ1) is 8.86. The van der Waals surface area contributed by atoms with E-state index in [0.29, 0.717) is 16.6 Å². The van der Waals surface area contributed by atoms with E-state index in [1.54, 1.807) is 6.07 Å². The molecule has 0 aliphatic carbocycles. The summed E-state index contributed by atoms with van der Waals surface area (Å²) >= 11 is 3.22. The summed E-state index contributed by atoms with van der Waals surface area (Å²) in [4.78, 5) is 0. The highest BCUT2D eigenvalue weighted by atomic mass is 79.9. The minimum absolute atomic E-state index is 0.274. The normalized spacial score (nSPS) is 11.6. The number of anilines is 1. The van der Waals surface area contributed by atoms with Gasteiger partial charge in [0.2, 0.25) is 0 Å². The fourth-order valence-corrected chi connectivity index (χ4v) is 1.87. The van der Waals surface area contributed by atoms with Crippen LogP contribution in [0.25, 0.3) is 0 Å². The van der Waals surface area contributed by atoms with Gasteiger partial charge in [-0.25, -0.2) is 0 Å². The summed E-state index contributed by atoms with van der Waals surface area (Å²) in [6.45, 7) is 0. The Kier molecular flexibility index (Phi) is 3.75. The number of rotatable bonds is 2. The first kappa shape index (κ1) is 13.8. The van der Waals surface area contributed by atoms with Crippen molar-refractivity contribution in [3.8, 4) is 0 Å². The molecule has 100 valence electrons. The summed E-state index contributed by atoms with van der Waals surface area (Å²) in [5.74, 6) is 0.274. The van der Waals surface area contributed by atoms with Crippen molar-refractivity contribution in [2.75, 3.05) is 5.73 Å². The predicted octanol–water partition coefficient (Wildman–Crippen LogP) is 3.43. The minimum Gasteiger partial charge on any atom is -0.381 e. The molecule has 1 aromatic carbocycles. The van der Waals surface area contributed by atoms with Gasteiger partial charge in [0, 0.05) is 6.42 Å². The highest BCUT2D eigenvalue weighted by Crippen LogP contribution is 2.29. The number of aromatic nitrogens is 2. The first-order valence-electron chi connectivity index (χ1n) is 5.30. The van der Waals surface area contributed by atoms with E-state index in [1.807, 2.05) is 0 Å². The lowest BCUT2D eigenvalue weighted by molar-refractivity contribution is -0.137. The number of benzene rings is 1. The lowest BCUT2D eigenvalue weighted by Gasteiger charge is -2.07. The van der Waals surface area contributed by atoms with Crippen LogP contribution >= 0.6 is 15.9 Å². The van der Waals surface area contributed by atoms with E-state index in [2.05, 4.69) is 26.1 Å². The average Bonchev–Trinajstić information content (AvgIpc) is 2.33. The van der Waals surface area contributed by atoms with Gasteiger partial charge in [-0.1, -0.05) is 12.1 Å². The highest BCUT2D eigenvalue weighted by Gasteiger charge is 2.29. The molecule has 0 atom stereocenters. The molecular weight excluding hydrogens is 323 g/mol. The Morgan fingerprint density at radius 1 is 1.11 bits per heavy atom. The Labute approximate surface area is 115 Å². The quantitative estimate of drug-likeness (QED) is 0.917. The van der Waals surface area contributed by atoms with Gasteiger partial charge in [0.15, 0.2) is 5.82 Å². The zero-order valence-corrected chi connectivity index (χ0v) is 11.2. The zero-order valence-electron chi connectivity index (χ0n) is 9.58. The fraction of sp³-hybridized carbons (Fsp3) is 0.167. The van der Waals surface area contributed by atoms with Crippen LogP contribution in [-0.2, 0) is 12.6 Å². The summed E-state index contributed by atoms with van der Waals surface area (Å²) < 4.78 is 37.8. The fourth-order valence-electron chi connectivity index (χ4n) is 1.52. The molecule has 0 aliphatic heterocycles. The van der Waals surface area contributed by atoms with E-state index < -0.39 is 11.7 Å². The third-order valence-corrected chi connectivity index (χ3v) is 3.13. The second-order valence-electron chi connectivity index (χ2n) is 3.94. The summed E-state index contributed by atoms with van der Waals surface area (Å²) in [6, 6.07) is 6.65. The van der Waals surface area contributed by atoms with Crippen LogP contribution in [0.1, 0.15) is 16.8 Å². The lowest BCUT2D eigenvalue weighted by atomic mass is 10.1. The van der Waals surface area contributed by atoms with Crippen LogP contribution in [0.4, 0.5) is 19.0 Å². The van der Waals surface area contributed by atoms with Gasteiger partial charge in [-0.2, -0.15) is 18.3 Å². The molecule has 2 aromatic rings. The minimum atomic E-state index is -4.32. The smallest absolute Gasteiger partial charge is 0.381 e. The van der Waals surface area contributed by atoms with E-state index in [4.69, 9.17) is 5.73 Å². The molecule has 1 aromatic heterocycles. The second kappa shape index (κ2) is 5.16. The van der Waals surface area contributed by atoms with Gasteiger partial charge in [-0.15, -0.1) is 5.10 Å². The first-order valence-corrected chi connectivity index (χ1v) is 6.09. The van der Waals surface area contributed by atoms with Crippen LogP contribution in [0.15, 0.2) is 34.8 Å². The van der Waals surface area contributed by atoms with E-state index in [0.717, 1.165) is 17.7 Å². The molecule has 2 rings (SSSR count). The molecule has 1 heterocycles. The third-order valence-electron chi connectivity index (χ3n) is 2.49. The molecule has 7 heteroatoms. The molecule has 0 saturated carbocycles. The molecule has 0 amide bonds. The SMILES string of the molecule is Nc1nnc(Cc2ccc(C(F)(F)F)cc2)cc1Br. The molecule has 2 N–H and O–H groups in total. The Bertz CT molecular complexity index is 582. The summed E-state index contributed by atoms with van der Waals surface area (Å²) in [5.41, 5.74) is 6.19. The van der Waals surface area contributed by atoms with E-state index in [1.165, 1.54) is 12.1 Å². The van der Waals surface area contributed by atoms with Gasteiger partial charge < -0.3 is 5.73 Å². The Hall–Kier alpha value is -1.63. The largest absolute Gasteiger partial charge is 0.416 e.